The molecule has 0 bridgehead atoms. The highest BCUT2D eigenvalue weighted by Crippen LogP contribution is 2.12. The van der Waals surface area contributed by atoms with E-state index in [4.69, 9.17) is 11.6 Å². The second-order valence-electron chi connectivity index (χ2n) is 4.47. The van der Waals surface area contributed by atoms with Gasteiger partial charge in [-0.25, -0.2) is 0 Å². The molecule has 0 amide bonds. The first-order valence-electron chi connectivity index (χ1n) is 6.68. The number of carbonyl (C=O) groups excluding carboxylic acids is 1. The fraction of sp³-hybridized carbons (Fsp3) is 0.533. The van der Waals surface area contributed by atoms with Crippen molar-refractivity contribution < 1.29 is 4.79 Å². The van der Waals surface area contributed by atoms with E-state index in [-0.39, 0.29) is 5.78 Å². The molecule has 0 radical (unpaired) electrons. The number of rotatable bonds is 8. The lowest BCUT2D eigenvalue weighted by Gasteiger charge is -2.19. The SMILES string of the molecule is CCCCN(CC)CCC(=O)c1cccc(Cl)c1. The van der Waals surface area contributed by atoms with E-state index in [1.807, 2.05) is 12.1 Å². The van der Waals surface area contributed by atoms with Crippen LogP contribution in [-0.4, -0.2) is 30.3 Å². The van der Waals surface area contributed by atoms with Crippen LogP contribution in [0.2, 0.25) is 5.02 Å². The minimum Gasteiger partial charge on any atom is -0.303 e. The van der Waals surface area contributed by atoms with Crippen molar-refractivity contribution in [2.75, 3.05) is 19.6 Å². The summed E-state index contributed by atoms with van der Waals surface area (Å²) >= 11 is 5.88. The Balaban J connectivity index is 2.44. The lowest BCUT2D eigenvalue weighted by Crippen LogP contribution is -2.27. The summed E-state index contributed by atoms with van der Waals surface area (Å²) in [5.74, 6) is 0.174. The van der Waals surface area contributed by atoms with Crippen LogP contribution in [-0.2, 0) is 0 Å². The Labute approximate surface area is 115 Å². The van der Waals surface area contributed by atoms with Gasteiger partial charge in [-0.3, -0.25) is 4.79 Å². The van der Waals surface area contributed by atoms with E-state index in [2.05, 4.69) is 18.7 Å². The summed E-state index contributed by atoms with van der Waals surface area (Å²) in [5.41, 5.74) is 0.717. The van der Waals surface area contributed by atoms with Gasteiger partial charge in [0.2, 0.25) is 0 Å². The maximum Gasteiger partial charge on any atom is 0.164 e. The molecule has 100 valence electrons. The third-order valence-corrected chi connectivity index (χ3v) is 3.31. The van der Waals surface area contributed by atoms with Crippen LogP contribution in [0.1, 0.15) is 43.5 Å². The van der Waals surface area contributed by atoms with E-state index in [0.717, 1.165) is 19.6 Å². The number of unbranched alkanes of at least 4 members (excludes halogenated alkanes) is 1. The van der Waals surface area contributed by atoms with Gasteiger partial charge in [-0.1, -0.05) is 44.0 Å². The first-order chi connectivity index (χ1) is 8.67. The van der Waals surface area contributed by atoms with Crippen LogP contribution in [0.4, 0.5) is 0 Å². The fourth-order valence-corrected chi connectivity index (χ4v) is 2.07. The standard InChI is InChI=1S/C15H22ClNO/c1-3-5-10-17(4-2)11-9-15(18)13-7-6-8-14(16)12-13/h6-8,12H,3-5,9-11H2,1-2H3. The number of carbonyl (C=O) groups is 1. The molecule has 1 rings (SSSR count). The molecule has 1 aromatic carbocycles. The van der Waals surface area contributed by atoms with Gasteiger partial charge in [-0.2, -0.15) is 0 Å². The Morgan fingerprint density at radius 2 is 2.06 bits per heavy atom. The van der Waals surface area contributed by atoms with Gasteiger partial charge in [-0.15, -0.1) is 0 Å². The molecule has 1 aromatic rings. The summed E-state index contributed by atoms with van der Waals surface area (Å²) in [5, 5.41) is 0.624. The smallest absolute Gasteiger partial charge is 0.164 e. The van der Waals surface area contributed by atoms with Crippen molar-refractivity contribution in [3.05, 3.63) is 34.9 Å². The van der Waals surface area contributed by atoms with E-state index in [1.165, 1.54) is 12.8 Å². The number of benzene rings is 1. The molecule has 18 heavy (non-hydrogen) atoms. The maximum atomic E-state index is 12.0. The Bertz CT molecular complexity index is 379. The van der Waals surface area contributed by atoms with E-state index in [9.17, 15) is 4.79 Å². The zero-order chi connectivity index (χ0) is 13.4. The lowest BCUT2D eigenvalue weighted by atomic mass is 10.1. The highest BCUT2D eigenvalue weighted by molar-refractivity contribution is 6.31. The molecule has 0 aliphatic carbocycles. The monoisotopic (exact) mass is 267 g/mol. The van der Waals surface area contributed by atoms with Crippen LogP contribution < -0.4 is 0 Å². The van der Waals surface area contributed by atoms with Gasteiger partial charge in [0, 0.05) is 23.6 Å². The number of nitrogens with zero attached hydrogens (tertiary/aromatic N) is 1. The lowest BCUT2D eigenvalue weighted by molar-refractivity contribution is 0.0965. The normalized spacial score (nSPS) is 10.9. The molecule has 0 aliphatic heterocycles. The largest absolute Gasteiger partial charge is 0.303 e. The number of Topliss-reactive ketones (excluding diaryl/α,β-unsaturated/α-hetero) is 1. The van der Waals surface area contributed by atoms with Gasteiger partial charge in [0.1, 0.15) is 0 Å². The number of hydrogen-bond donors (Lipinski definition) is 0. The number of halogens is 1. The second kappa shape index (κ2) is 8.28. The molecule has 0 atom stereocenters. The molecular formula is C15H22ClNO. The highest BCUT2D eigenvalue weighted by atomic mass is 35.5. The Morgan fingerprint density at radius 3 is 2.67 bits per heavy atom. The maximum absolute atomic E-state index is 12.0. The van der Waals surface area contributed by atoms with Gasteiger partial charge in [-0.05, 0) is 31.6 Å². The summed E-state index contributed by atoms with van der Waals surface area (Å²) in [6.45, 7) is 7.24. The second-order valence-corrected chi connectivity index (χ2v) is 4.91. The van der Waals surface area contributed by atoms with Crippen LogP contribution >= 0.6 is 11.6 Å². The van der Waals surface area contributed by atoms with Gasteiger partial charge in [0.05, 0.1) is 0 Å². The van der Waals surface area contributed by atoms with E-state index >= 15 is 0 Å². The molecule has 0 spiro atoms. The molecule has 0 N–H and O–H groups in total. The van der Waals surface area contributed by atoms with E-state index in [1.54, 1.807) is 12.1 Å². The average molecular weight is 268 g/mol. The molecule has 0 aliphatic rings. The minimum absolute atomic E-state index is 0.174. The summed E-state index contributed by atoms with van der Waals surface area (Å²) in [6.07, 6.45) is 2.95. The summed E-state index contributed by atoms with van der Waals surface area (Å²) in [6, 6.07) is 7.19. The summed E-state index contributed by atoms with van der Waals surface area (Å²) in [4.78, 5) is 14.3. The van der Waals surface area contributed by atoms with Crippen molar-refractivity contribution in [3.63, 3.8) is 0 Å². The molecule has 0 aromatic heterocycles. The first-order valence-corrected chi connectivity index (χ1v) is 7.06. The number of hydrogen-bond acceptors (Lipinski definition) is 2. The van der Waals surface area contributed by atoms with Crippen LogP contribution in [0.25, 0.3) is 0 Å². The van der Waals surface area contributed by atoms with Crippen molar-refractivity contribution in [1.82, 2.24) is 4.90 Å². The first kappa shape index (κ1) is 15.2. The molecular weight excluding hydrogens is 246 g/mol. The van der Waals surface area contributed by atoms with Gasteiger partial charge in [0.15, 0.2) is 5.78 Å². The molecule has 0 fully saturated rings. The molecule has 0 unspecified atom stereocenters. The van der Waals surface area contributed by atoms with Crippen molar-refractivity contribution in [2.45, 2.75) is 33.1 Å². The topological polar surface area (TPSA) is 20.3 Å². The number of ketones is 1. The van der Waals surface area contributed by atoms with E-state index in [0.29, 0.717) is 17.0 Å². The molecule has 0 heterocycles. The molecule has 0 saturated carbocycles. The zero-order valence-electron chi connectivity index (χ0n) is 11.3. The zero-order valence-corrected chi connectivity index (χ0v) is 12.0. The van der Waals surface area contributed by atoms with Crippen LogP contribution in [0, 0.1) is 0 Å². The van der Waals surface area contributed by atoms with Crippen molar-refractivity contribution >= 4 is 17.4 Å². The Hall–Kier alpha value is -0.860. The predicted molar refractivity (Wildman–Crippen MR) is 77.4 cm³/mol. The molecule has 0 saturated heterocycles. The Morgan fingerprint density at radius 1 is 1.28 bits per heavy atom. The predicted octanol–water partition coefficient (Wildman–Crippen LogP) is 4.03. The Kier molecular flexibility index (Phi) is 6.99. The van der Waals surface area contributed by atoms with Crippen LogP contribution in [0.5, 0.6) is 0 Å². The minimum atomic E-state index is 0.174. The highest BCUT2D eigenvalue weighted by Gasteiger charge is 2.09. The van der Waals surface area contributed by atoms with Gasteiger partial charge >= 0.3 is 0 Å². The average Bonchev–Trinajstić information content (AvgIpc) is 2.38. The van der Waals surface area contributed by atoms with E-state index < -0.39 is 0 Å². The van der Waals surface area contributed by atoms with Crippen molar-refractivity contribution in [2.24, 2.45) is 0 Å². The third-order valence-electron chi connectivity index (χ3n) is 3.08. The molecule has 3 heteroatoms. The van der Waals surface area contributed by atoms with Gasteiger partial charge < -0.3 is 4.90 Å². The van der Waals surface area contributed by atoms with Crippen molar-refractivity contribution in [3.8, 4) is 0 Å². The van der Waals surface area contributed by atoms with Gasteiger partial charge in [0.25, 0.3) is 0 Å². The summed E-state index contributed by atoms with van der Waals surface area (Å²) < 4.78 is 0. The molecule has 2 nitrogen and oxygen atoms in total. The van der Waals surface area contributed by atoms with Crippen LogP contribution in [0.15, 0.2) is 24.3 Å². The fourth-order valence-electron chi connectivity index (χ4n) is 1.88. The van der Waals surface area contributed by atoms with Crippen molar-refractivity contribution in [1.29, 1.82) is 0 Å². The third kappa shape index (κ3) is 5.19. The van der Waals surface area contributed by atoms with Crippen LogP contribution in [0.3, 0.4) is 0 Å². The quantitative estimate of drug-likeness (QED) is 0.663. The summed E-state index contributed by atoms with van der Waals surface area (Å²) in [7, 11) is 0.